The number of ether oxygens (including phenoxy) is 2. The Hall–Kier alpha value is -1.97. The average Bonchev–Trinajstić information content (AvgIpc) is 3.17. The summed E-state index contributed by atoms with van der Waals surface area (Å²) in [5.41, 5.74) is 1.76. The first-order chi connectivity index (χ1) is 13.7. The molecule has 8 nitrogen and oxygen atoms in total. The summed E-state index contributed by atoms with van der Waals surface area (Å²) in [6.45, 7) is 2.98. The van der Waals surface area contributed by atoms with Crippen molar-refractivity contribution in [2.75, 3.05) is 45.3 Å². The molecule has 2 aromatic rings. The standard InChI is InChI=1S/C19H26N4O4S/c1-26-14-10-20-15(13-4-8-27-9-5-13)17-16(14)21-18(28-17)22-19(25)23-6-2-12(11-24)3-7-23/h10,12-13,24H,2-9,11H2,1H3,(H,21,22,25). The number of thiazole rings is 1. The number of aliphatic hydroxyl groups is 1. The molecule has 0 aliphatic carbocycles. The van der Waals surface area contributed by atoms with Crippen molar-refractivity contribution in [1.29, 1.82) is 0 Å². The molecule has 0 radical (unpaired) electrons. The second-order valence-corrected chi connectivity index (χ2v) is 8.34. The summed E-state index contributed by atoms with van der Waals surface area (Å²) >= 11 is 1.45. The number of carbonyl (C=O) groups excluding carboxylic acids is 1. The van der Waals surface area contributed by atoms with Crippen molar-refractivity contribution in [2.24, 2.45) is 5.92 Å². The molecule has 2 amide bonds. The average molecular weight is 407 g/mol. The highest BCUT2D eigenvalue weighted by Crippen LogP contribution is 2.39. The molecule has 0 bridgehead atoms. The number of nitrogens with zero attached hydrogens (tertiary/aromatic N) is 3. The lowest BCUT2D eigenvalue weighted by Gasteiger charge is -2.30. The van der Waals surface area contributed by atoms with Gasteiger partial charge in [-0.3, -0.25) is 10.3 Å². The Bertz CT molecular complexity index is 829. The van der Waals surface area contributed by atoms with Gasteiger partial charge in [0.15, 0.2) is 10.9 Å². The number of nitrogens with one attached hydrogen (secondary N) is 1. The number of piperidine rings is 1. The normalized spacial score (nSPS) is 19.1. The number of likely N-dealkylation sites (tertiary alicyclic amines) is 1. The maximum absolute atomic E-state index is 12.6. The van der Waals surface area contributed by atoms with E-state index in [9.17, 15) is 9.90 Å². The van der Waals surface area contributed by atoms with Gasteiger partial charge < -0.3 is 19.5 Å². The van der Waals surface area contributed by atoms with E-state index in [0.717, 1.165) is 54.8 Å². The zero-order valence-corrected chi connectivity index (χ0v) is 16.8. The summed E-state index contributed by atoms with van der Waals surface area (Å²) in [4.78, 5) is 23.7. The number of aromatic nitrogens is 2. The molecule has 4 rings (SSSR count). The molecule has 2 N–H and O–H groups in total. The molecule has 0 spiro atoms. The number of methoxy groups -OCH3 is 1. The van der Waals surface area contributed by atoms with Crippen LogP contribution in [0.25, 0.3) is 10.2 Å². The van der Waals surface area contributed by atoms with Gasteiger partial charge in [-0.2, -0.15) is 0 Å². The Morgan fingerprint density at radius 1 is 1.36 bits per heavy atom. The number of urea groups is 1. The first-order valence-electron chi connectivity index (χ1n) is 9.77. The van der Waals surface area contributed by atoms with Gasteiger partial charge in [-0.25, -0.2) is 9.78 Å². The van der Waals surface area contributed by atoms with Gasteiger partial charge in [-0.05, 0) is 31.6 Å². The fourth-order valence-corrected chi connectivity index (χ4v) is 4.90. The van der Waals surface area contributed by atoms with Crippen LogP contribution in [0.15, 0.2) is 6.20 Å². The number of amides is 2. The number of pyridine rings is 1. The fraction of sp³-hybridized carbons (Fsp3) is 0.632. The van der Waals surface area contributed by atoms with Gasteiger partial charge >= 0.3 is 6.03 Å². The molecule has 2 fully saturated rings. The minimum Gasteiger partial charge on any atom is -0.493 e. The topological polar surface area (TPSA) is 96.8 Å². The van der Waals surface area contributed by atoms with E-state index >= 15 is 0 Å². The first kappa shape index (κ1) is 19.4. The van der Waals surface area contributed by atoms with Crippen molar-refractivity contribution in [1.82, 2.24) is 14.9 Å². The van der Waals surface area contributed by atoms with Crippen LogP contribution in [0, 0.1) is 5.92 Å². The molecule has 2 aromatic heterocycles. The van der Waals surface area contributed by atoms with Gasteiger partial charge in [0.1, 0.15) is 5.52 Å². The van der Waals surface area contributed by atoms with E-state index < -0.39 is 0 Å². The van der Waals surface area contributed by atoms with Gasteiger partial charge in [-0.15, -0.1) is 0 Å². The molecule has 2 saturated heterocycles. The van der Waals surface area contributed by atoms with Crippen LogP contribution in [-0.2, 0) is 4.74 Å². The molecule has 0 saturated carbocycles. The highest BCUT2D eigenvalue weighted by Gasteiger charge is 2.26. The predicted molar refractivity (Wildman–Crippen MR) is 107 cm³/mol. The lowest BCUT2D eigenvalue weighted by Crippen LogP contribution is -2.41. The van der Waals surface area contributed by atoms with E-state index in [0.29, 0.717) is 35.8 Å². The number of anilines is 1. The summed E-state index contributed by atoms with van der Waals surface area (Å²) in [5, 5.41) is 12.8. The fourth-order valence-electron chi connectivity index (χ4n) is 3.86. The molecule has 0 atom stereocenters. The Balaban J connectivity index is 1.55. The van der Waals surface area contributed by atoms with Crippen LogP contribution in [0.4, 0.5) is 9.93 Å². The number of hydrogen-bond donors (Lipinski definition) is 2. The molecule has 2 aliphatic heterocycles. The first-order valence-corrected chi connectivity index (χ1v) is 10.6. The van der Waals surface area contributed by atoms with Gasteiger partial charge in [-0.1, -0.05) is 11.3 Å². The van der Waals surface area contributed by atoms with Crippen LogP contribution in [0.1, 0.15) is 37.3 Å². The van der Waals surface area contributed by atoms with Crippen molar-refractivity contribution in [3.63, 3.8) is 0 Å². The third-order valence-electron chi connectivity index (χ3n) is 5.62. The van der Waals surface area contributed by atoms with Crippen molar-refractivity contribution in [2.45, 2.75) is 31.6 Å². The smallest absolute Gasteiger partial charge is 0.323 e. The van der Waals surface area contributed by atoms with Crippen LogP contribution >= 0.6 is 11.3 Å². The molecule has 9 heteroatoms. The van der Waals surface area contributed by atoms with E-state index in [4.69, 9.17) is 9.47 Å². The Kier molecular flexibility index (Phi) is 5.93. The summed E-state index contributed by atoms with van der Waals surface area (Å²) in [6, 6.07) is -0.144. The number of carbonyl (C=O) groups is 1. The highest BCUT2D eigenvalue weighted by molar-refractivity contribution is 7.22. The second-order valence-electron chi connectivity index (χ2n) is 7.34. The Morgan fingerprint density at radius 2 is 2.11 bits per heavy atom. The van der Waals surface area contributed by atoms with E-state index in [1.807, 2.05) is 0 Å². The molecule has 2 aliphatic rings. The number of rotatable bonds is 4. The lowest BCUT2D eigenvalue weighted by atomic mass is 9.96. The molecule has 152 valence electrons. The number of aliphatic hydroxyl groups excluding tert-OH is 1. The summed E-state index contributed by atoms with van der Waals surface area (Å²) in [7, 11) is 1.60. The van der Waals surface area contributed by atoms with Crippen LogP contribution in [-0.4, -0.2) is 66.0 Å². The predicted octanol–water partition coefficient (Wildman–Crippen LogP) is 2.83. The van der Waals surface area contributed by atoms with E-state index in [-0.39, 0.29) is 12.6 Å². The molecular weight excluding hydrogens is 380 g/mol. The number of fused-ring (bicyclic) bond motifs is 1. The van der Waals surface area contributed by atoms with Crippen LogP contribution in [0.5, 0.6) is 5.75 Å². The third kappa shape index (κ3) is 3.92. The van der Waals surface area contributed by atoms with Crippen LogP contribution < -0.4 is 10.1 Å². The summed E-state index contributed by atoms with van der Waals surface area (Å²) < 4.78 is 11.9. The molecular formula is C19H26N4O4S. The molecule has 0 unspecified atom stereocenters. The zero-order chi connectivity index (χ0) is 19.5. The quantitative estimate of drug-likeness (QED) is 0.810. The molecule has 28 heavy (non-hydrogen) atoms. The second kappa shape index (κ2) is 8.59. The van der Waals surface area contributed by atoms with E-state index in [1.165, 1.54) is 11.3 Å². The maximum atomic E-state index is 12.6. The van der Waals surface area contributed by atoms with E-state index in [1.54, 1.807) is 18.2 Å². The highest BCUT2D eigenvalue weighted by atomic mass is 32.1. The van der Waals surface area contributed by atoms with Crippen LogP contribution in [0.3, 0.4) is 0 Å². The largest absolute Gasteiger partial charge is 0.493 e. The van der Waals surface area contributed by atoms with Crippen molar-refractivity contribution in [3.8, 4) is 5.75 Å². The third-order valence-corrected chi connectivity index (χ3v) is 6.61. The number of hydrogen-bond acceptors (Lipinski definition) is 7. The van der Waals surface area contributed by atoms with Gasteiger partial charge in [0, 0.05) is 38.8 Å². The van der Waals surface area contributed by atoms with Crippen molar-refractivity contribution in [3.05, 3.63) is 11.9 Å². The van der Waals surface area contributed by atoms with Crippen LogP contribution in [0.2, 0.25) is 0 Å². The zero-order valence-electron chi connectivity index (χ0n) is 16.0. The van der Waals surface area contributed by atoms with Gasteiger partial charge in [0.05, 0.1) is 23.7 Å². The maximum Gasteiger partial charge on any atom is 0.323 e. The summed E-state index contributed by atoms with van der Waals surface area (Å²) in [6.07, 6.45) is 5.25. The summed E-state index contributed by atoms with van der Waals surface area (Å²) in [5.74, 6) is 1.25. The Morgan fingerprint density at radius 3 is 2.79 bits per heavy atom. The van der Waals surface area contributed by atoms with Gasteiger partial charge in [0.2, 0.25) is 0 Å². The van der Waals surface area contributed by atoms with Crippen molar-refractivity contribution >= 4 is 32.7 Å². The van der Waals surface area contributed by atoms with Gasteiger partial charge in [0.25, 0.3) is 0 Å². The van der Waals surface area contributed by atoms with Crippen molar-refractivity contribution < 1.29 is 19.4 Å². The minimum absolute atomic E-state index is 0.144. The monoisotopic (exact) mass is 406 g/mol. The SMILES string of the molecule is COc1cnc(C2CCOCC2)c2sc(NC(=O)N3CCC(CO)CC3)nc12. The minimum atomic E-state index is -0.144. The lowest BCUT2D eigenvalue weighted by molar-refractivity contribution is 0.0848. The van der Waals surface area contributed by atoms with E-state index in [2.05, 4.69) is 15.3 Å². The Labute approximate surface area is 167 Å². The molecule has 0 aromatic carbocycles. The molecule has 4 heterocycles.